The zero-order valence-electron chi connectivity index (χ0n) is 9.30. The zero-order chi connectivity index (χ0) is 12.4. The highest BCUT2D eigenvalue weighted by Crippen LogP contribution is 2.30. The molecule has 0 fully saturated rings. The molecule has 0 unspecified atom stereocenters. The van der Waals surface area contributed by atoms with Crippen LogP contribution in [0.1, 0.15) is 21.7 Å². The maximum Gasteiger partial charge on any atom is 0.335 e. The normalized spacial score (nSPS) is 10.5. The van der Waals surface area contributed by atoms with Gasteiger partial charge in [-0.1, -0.05) is 11.8 Å². The smallest absolute Gasteiger partial charge is 0.335 e. The average Bonchev–Trinajstić information content (AvgIpc) is 2.63. The van der Waals surface area contributed by atoms with Gasteiger partial charge in [-0.25, -0.2) is 9.78 Å². The third-order valence-electron chi connectivity index (χ3n) is 2.14. The summed E-state index contributed by atoms with van der Waals surface area (Å²) >= 11 is 2.84. The van der Waals surface area contributed by atoms with Gasteiger partial charge in [-0.05, 0) is 49.1 Å². The molecule has 6 heteroatoms. The number of benzene rings is 1. The molecule has 0 aliphatic rings. The summed E-state index contributed by atoms with van der Waals surface area (Å²) in [7, 11) is 0. The molecule has 2 aromatic rings. The second-order valence-corrected chi connectivity index (χ2v) is 5.56. The van der Waals surface area contributed by atoms with Crippen molar-refractivity contribution >= 4 is 29.3 Å². The Hall–Kier alpha value is -1.40. The van der Waals surface area contributed by atoms with Gasteiger partial charge in [0.05, 0.1) is 5.56 Å². The van der Waals surface area contributed by atoms with Gasteiger partial charge in [0.25, 0.3) is 0 Å². The number of rotatable bonds is 3. The van der Waals surface area contributed by atoms with E-state index in [4.69, 9.17) is 5.11 Å². The van der Waals surface area contributed by atoms with E-state index in [1.54, 1.807) is 19.1 Å². The summed E-state index contributed by atoms with van der Waals surface area (Å²) < 4.78 is 4.96. The first-order valence-electron chi connectivity index (χ1n) is 4.88. The molecule has 0 aliphatic carbocycles. The van der Waals surface area contributed by atoms with Crippen LogP contribution in [0.4, 0.5) is 0 Å². The Morgan fingerprint density at radius 2 is 2.18 bits per heavy atom. The summed E-state index contributed by atoms with van der Waals surface area (Å²) in [6.45, 7) is 3.64. The van der Waals surface area contributed by atoms with Crippen molar-refractivity contribution in [1.29, 1.82) is 0 Å². The number of nitrogens with zero attached hydrogens (tertiary/aromatic N) is 2. The Balaban J connectivity index is 2.23. The third kappa shape index (κ3) is 2.83. The molecule has 0 saturated carbocycles. The maximum absolute atomic E-state index is 10.9. The first kappa shape index (κ1) is 12.1. The second-order valence-electron chi connectivity index (χ2n) is 3.49. The van der Waals surface area contributed by atoms with E-state index in [9.17, 15) is 4.79 Å². The minimum absolute atomic E-state index is 0.336. The van der Waals surface area contributed by atoms with Crippen molar-refractivity contribution in [2.45, 2.75) is 23.1 Å². The Morgan fingerprint density at radius 1 is 1.41 bits per heavy atom. The lowest BCUT2D eigenvalue weighted by molar-refractivity contribution is 0.0696. The van der Waals surface area contributed by atoms with Crippen LogP contribution in [-0.4, -0.2) is 20.4 Å². The fourth-order valence-corrected chi connectivity index (χ4v) is 3.08. The Bertz CT molecular complexity index is 566. The largest absolute Gasteiger partial charge is 0.478 e. The first-order chi connectivity index (χ1) is 8.06. The SMILES string of the molecule is Cc1nsc(Sc2ccc(C(=O)O)c(C)c2)n1. The number of aromatic nitrogens is 2. The van der Waals surface area contributed by atoms with Gasteiger partial charge < -0.3 is 5.11 Å². The predicted molar refractivity (Wildman–Crippen MR) is 66.9 cm³/mol. The van der Waals surface area contributed by atoms with Crippen molar-refractivity contribution < 1.29 is 9.90 Å². The standard InChI is InChI=1S/C11H10N2O2S2/c1-6-5-8(3-4-9(6)10(14)15)16-11-12-7(2)13-17-11/h3-5H,1-2H3,(H,14,15). The van der Waals surface area contributed by atoms with Crippen molar-refractivity contribution in [2.75, 3.05) is 0 Å². The highest BCUT2D eigenvalue weighted by Gasteiger charge is 2.09. The van der Waals surface area contributed by atoms with Crippen LogP contribution in [0, 0.1) is 13.8 Å². The molecular formula is C11H10N2O2S2. The molecular weight excluding hydrogens is 256 g/mol. The number of aromatic carboxylic acids is 1. The molecule has 17 heavy (non-hydrogen) atoms. The van der Waals surface area contributed by atoms with Crippen molar-refractivity contribution in [2.24, 2.45) is 0 Å². The van der Waals surface area contributed by atoms with Gasteiger partial charge in [-0.2, -0.15) is 4.37 Å². The number of carboxylic acid groups (broad SMARTS) is 1. The van der Waals surface area contributed by atoms with Gasteiger partial charge in [-0.3, -0.25) is 0 Å². The van der Waals surface area contributed by atoms with Crippen LogP contribution in [0.3, 0.4) is 0 Å². The minimum atomic E-state index is -0.897. The predicted octanol–water partition coefficient (Wildman–Crippen LogP) is 3.00. The summed E-state index contributed by atoms with van der Waals surface area (Å²) in [4.78, 5) is 16.1. The highest BCUT2D eigenvalue weighted by molar-refractivity contribution is 8.01. The molecule has 0 radical (unpaired) electrons. The van der Waals surface area contributed by atoms with Crippen molar-refractivity contribution in [3.63, 3.8) is 0 Å². The van der Waals surface area contributed by atoms with E-state index in [1.165, 1.54) is 23.3 Å². The van der Waals surface area contributed by atoms with Crippen molar-refractivity contribution in [1.82, 2.24) is 9.36 Å². The van der Waals surface area contributed by atoms with Crippen LogP contribution in [0.5, 0.6) is 0 Å². The lowest BCUT2D eigenvalue weighted by Crippen LogP contribution is -1.98. The molecule has 0 atom stereocenters. The molecule has 0 spiro atoms. The topological polar surface area (TPSA) is 63.1 Å². The van der Waals surface area contributed by atoms with E-state index in [2.05, 4.69) is 9.36 Å². The van der Waals surface area contributed by atoms with Crippen LogP contribution in [0.15, 0.2) is 27.4 Å². The van der Waals surface area contributed by atoms with Crippen LogP contribution < -0.4 is 0 Å². The lowest BCUT2D eigenvalue weighted by Gasteiger charge is -2.03. The molecule has 88 valence electrons. The molecule has 0 bridgehead atoms. The van der Waals surface area contributed by atoms with E-state index in [1.807, 2.05) is 13.0 Å². The fourth-order valence-electron chi connectivity index (χ4n) is 1.36. The zero-order valence-corrected chi connectivity index (χ0v) is 10.9. The number of carbonyl (C=O) groups is 1. The van der Waals surface area contributed by atoms with Gasteiger partial charge in [0.1, 0.15) is 5.82 Å². The van der Waals surface area contributed by atoms with Crippen LogP contribution in [0.25, 0.3) is 0 Å². The van der Waals surface area contributed by atoms with Gasteiger partial charge >= 0.3 is 5.97 Å². The Labute approximate surface area is 107 Å². The first-order valence-corrected chi connectivity index (χ1v) is 6.47. The number of aryl methyl sites for hydroxylation is 2. The maximum atomic E-state index is 10.9. The van der Waals surface area contributed by atoms with Gasteiger partial charge in [-0.15, -0.1) is 0 Å². The molecule has 1 aromatic carbocycles. The number of hydrogen-bond acceptors (Lipinski definition) is 5. The van der Waals surface area contributed by atoms with Gasteiger partial charge in [0.2, 0.25) is 0 Å². The summed E-state index contributed by atoms with van der Waals surface area (Å²) in [6.07, 6.45) is 0. The fraction of sp³-hybridized carbons (Fsp3) is 0.182. The highest BCUT2D eigenvalue weighted by atomic mass is 32.2. The van der Waals surface area contributed by atoms with E-state index in [0.717, 1.165) is 20.6 Å². The van der Waals surface area contributed by atoms with Crippen LogP contribution in [-0.2, 0) is 0 Å². The number of carboxylic acids is 1. The quantitative estimate of drug-likeness (QED) is 0.925. The number of hydrogen-bond donors (Lipinski definition) is 1. The second kappa shape index (κ2) is 4.85. The molecule has 1 N–H and O–H groups in total. The summed E-state index contributed by atoms with van der Waals surface area (Å²) in [6, 6.07) is 5.26. The van der Waals surface area contributed by atoms with E-state index in [0.29, 0.717) is 5.56 Å². The lowest BCUT2D eigenvalue weighted by atomic mass is 10.1. The third-order valence-corrected chi connectivity index (χ3v) is 3.97. The molecule has 0 saturated heterocycles. The summed E-state index contributed by atoms with van der Waals surface area (Å²) in [5, 5.41) is 8.92. The Morgan fingerprint density at radius 3 is 2.71 bits per heavy atom. The van der Waals surface area contributed by atoms with E-state index >= 15 is 0 Å². The summed E-state index contributed by atoms with van der Waals surface area (Å²) in [5.41, 5.74) is 1.09. The molecule has 0 amide bonds. The van der Waals surface area contributed by atoms with Crippen LogP contribution in [0.2, 0.25) is 0 Å². The monoisotopic (exact) mass is 266 g/mol. The van der Waals surface area contributed by atoms with E-state index < -0.39 is 5.97 Å². The van der Waals surface area contributed by atoms with Crippen molar-refractivity contribution in [3.05, 3.63) is 35.2 Å². The minimum Gasteiger partial charge on any atom is -0.478 e. The Kier molecular flexibility index (Phi) is 3.44. The van der Waals surface area contributed by atoms with Gasteiger partial charge in [0, 0.05) is 4.90 Å². The molecule has 2 rings (SSSR count). The summed E-state index contributed by atoms with van der Waals surface area (Å²) in [5.74, 6) is -0.137. The van der Waals surface area contributed by atoms with E-state index in [-0.39, 0.29) is 0 Å². The molecule has 1 heterocycles. The van der Waals surface area contributed by atoms with Crippen LogP contribution >= 0.6 is 23.3 Å². The molecule has 1 aromatic heterocycles. The average molecular weight is 266 g/mol. The van der Waals surface area contributed by atoms with Crippen molar-refractivity contribution in [3.8, 4) is 0 Å². The molecule has 4 nitrogen and oxygen atoms in total. The molecule has 0 aliphatic heterocycles. The van der Waals surface area contributed by atoms with Gasteiger partial charge in [0.15, 0.2) is 4.34 Å².